The van der Waals surface area contributed by atoms with Crippen molar-refractivity contribution >= 4 is 23.9 Å². The van der Waals surface area contributed by atoms with E-state index in [1.807, 2.05) is 42.5 Å². The fraction of sp³-hybridized carbons (Fsp3) is 0.407. The molecule has 3 fully saturated rings. The van der Waals surface area contributed by atoms with Crippen molar-refractivity contribution in [2.75, 3.05) is 26.2 Å². The number of benzene rings is 1. The van der Waals surface area contributed by atoms with Gasteiger partial charge in [-0.1, -0.05) is 36.4 Å². The Bertz CT molecular complexity index is 1090. The second-order valence-corrected chi connectivity index (χ2v) is 9.35. The van der Waals surface area contributed by atoms with E-state index >= 15 is 0 Å². The van der Waals surface area contributed by atoms with Gasteiger partial charge in [0, 0.05) is 37.9 Å². The lowest BCUT2D eigenvalue weighted by Crippen LogP contribution is -2.54. The Labute approximate surface area is 205 Å². The quantitative estimate of drug-likeness (QED) is 0.513. The molecule has 3 aliphatic rings. The Morgan fingerprint density at radius 1 is 1.09 bits per heavy atom. The van der Waals surface area contributed by atoms with Crippen LogP contribution in [0.5, 0.6) is 0 Å². The molecule has 3 saturated heterocycles. The number of carbonyl (C=O) groups excluding carboxylic acids is 3. The van der Waals surface area contributed by atoms with Crippen molar-refractivity contribution in [3.63, 3.8) is 0 Å². The topological polar surface area (TPSA) is 91.8 Å². The molecular weight excluding hydrogens is 444 g/mol. The maximum absolute atomic E-state index is 13.9. The molecule has 4 heterocycles. The Morgan fingerprint density at radius 2 is 1.86 bits per heavy atom. The first kappa shape index (κ1) is 23.2. The molecule has 8 heteroatoms. The van der Waals surface area contributed by atoms with E-state index in [2.05, 4.69) is 10.3 Å². The van der Waals surface area contributed by atoms with Crippen molar-refractivity contribution in [1.82, 2.24) is 20.1 Å². The summed E-state index contributed by atoms with van der Waals surface area (Å²) in [6.45, 7) is 1.92. The summed E-state index contributed by atoms with van der Waals surface area (Å²) in [5.74, 6) is -0.503. The van der Waals surface area contributed by atoms with Gasteiger partial charge in [-0.05, 0) is 49.5 Å². The molecule has 1 aromatic carbocycles. The molecule has 1 N–H and O–H groups in total. The average Bonchev–Trinajstić information content (AvgIpc) is 3.51. The zero-order valence-electron chi connectivity index (χ0n) is 19.6. The van der Waals surface area contributed by atoms with E-state index in [0.717, 1.165) is 18.4 Å². The number of aromatic nitrogens is 1. The third-order valence-electron chi connectivity index (χ3n) is 7.25. The molecule has 2 unspecified atom stereocenters. The van der Waals surface area contributed by atoms with Crippen molar-refractivity contribution in [2.24, 2.45) is 5.92 Å². The number of nitrogens with zero attached hydrogens (tertiary/aromatic N) is 3. The molecule has 4 amide bonds. The predicted octanol–water partition coefficient (Wildman–Crippen LogP) is 2.96. The van der Waals surface area contributed by atoms with Gasteiger partial charge >= 0.3 is 6.03 Å². The first-order valence-corrected chi connectivity index (χ1v) is 12.3. The molecule has 0 bridgehead atoms. The van der Waals surface area contributed by atoms with E-state index in [1.54, 1.807) is 29.3 Å². The zero-order valence-corrected chi connectivity index (χ0v) is 19.6. The van der Waals surface area contributed by atoms with E-state index in [1.165, 1.54) is 4.90 Å². The molecule has 0 saturated carbocycles. The highest BCUT2D eigenvalue weighted by atomic mass is 16.5. The monoisotopic (exact) mass is 474 g/mol. The molecule has 8 nitrogen and oxygen atoms in total. The minimum atomic E-state index is -1.23. The van der Waals surface area contributed by atoms with E-state index in [4.69, 9.17) is 4.74 Å². The number of ether oxygens (including phenoxy) is 1. The number of rotatable bonds is 6. The standard InChI is InChI=1S/C27H30N4O4/c32-24(12-11-20-7-2-1-3-8-20)30-16-13-21(14-17-30)27(23-10-4-5-15-28-23)25(33)31(26(34)29-27)19-22-9-6-18-35-22/h1-5,7-8,10-12,15,21-22H,6,9,13-14,16-19H2,(H,29,34)/b12-11+. The predicted molar refractivity (Wildman–Crippen MR) is 130 cm³/mol. The van der Waals surface area contributed by atoms with E-state index in [-0.39, 0.29) is 30.4 Å². The van der Waals surface area contributed by atoms with Gasteiger partial charge in [-0.3, -0.25) is 19.5 Å². The summed E-state index contributed by atoms with van der Waals surface area (Å²) in [5, 5.41) is 3.02. The van der Waals surface area contributed by atoms with E-state index < -0.39 is 11.6 Å². The van der Waals surface area contributed by atoms with Crippen molar-refractivity contribution in [1.29, 1.82) is 0 Å². The van der Waals surface area contributed by atoms with Crippen LogP contribution in [0.3, 0.4) is 0 Å². The third-order valence-corrected chi connectivity index (χ3v) is 7.25. The summed E-state index contributed by atoms with van der Waals surface area (Å²) in [4.78, 5) is 47.3. The maximum Gasteiger partial charge on any atom is 0.325 e. The van der Waals surface area contributed by atoms with Crippen LogP contribution in [-0.2, 0) is 19.9 Å². The molecule has 2 atom stereocenters. The molecule has 1 aromatic heterocycles. The minimum Gasteiger partial charge on any atom is -0.376 e. The molecule has 2 aromatic rings. The molecule has 0 spiro atoms. The Balaban J connectivity index is 1.33. The highest BCUT2D eigenvalue weighted by Gasteiger charge is 2.58. The fourth-order valence-corrected chi connectivity index (χ4v) is 5.38. The summed E-state index contributed by atoms with van der Waals surface area (Å²) in [5.41, 5.74) is 0.281. The van der Waals surface area contributed by atoms with Crippen LogP contribution in [0.25, 0.3) is 6.08 Å². The number of hydrogen-bond donors (Lipinski definition) is 1. The molecule has 35 heavy (non-hydrogen) atoms. The number of imide groups is 1. The van der Waals surface area contributed by atoms with Gasteiger partial charge in [-0.15, -0.1) is 0 Å². The molecule has 0 aliphatic carbocycles. The van der Waals surface area contributed by atoms with Gasteiger partial charge in [0.1, 0.15) is 0 Å². The lowest BCUT2D eigenvalue weighted by molar-refractivity contribution is -0.136. The largest absolute Gasteiger partial charge is 0.376 e. The first-order chi connectivity index (χ1) is 17.1. The van der Waals surface area contributed by atoms with Gasteiger partial charge in [-0.25, -0.2) is 4.79 Å². The molecule has 3 aliphatic heterocycles. The number of nitrogens with one attached hydrogen (secondary N) is 1. The van der Waals surface area contributed by atoms with Crippen molar-refractivity contribution in [2.45, 2.75) is 37.3 Å². The van der Waals surface area contributed by atoms with E-state index in [0.29, 0.717) is 38.2 Å². The Morgan fingerprint density at radius 3 is 2.54 bits per heavy atom. The van der Waals surface area contributed by atoms with E-state index in [9.17, 15) is 14.4 Å². The van der Waals surface area contributed by atoms with Crippen LogP contribution in [0, 0.1) is 5.92 Å². The summed E-state index contributed by atoms with van der Waals surface area (Å²) in [7, 11) is 0. The number of carbonyl (C=O) groups is 3. The highest BCUT2D eigenvalue weighted by molar-refractivity contribution is 6.07. The second kappa shape index (κ2) is 10.00. The van der Waals surface area contributed by atoms with Crippen molar-refractivity contribution in [3.05, 3.63) is 72.1 Å². The van der Waals surface area contributed by atoms with Crippen molar-refractivity contribution < 1.29 is 19.1 Å². The SMILES string of the molecule is O=C(/C=C/c1ccccc1)N1CCC(C2(c3ccccn3)NC(=O)N(CC3CCCO3)C2=O)CC1. The second-order valence-electron chi connectivity index (χ2n) is 9.35. The van der Waals surface area contributed by atoms with Crippen LogP contribution in [0.15, 0.2) is 60.8 Å². The average molecular weight is 475 g/mol. The number of likely N-dealkylation sites (tertiary alicyclic amines) is 1. The van der Waals surface area contributed by atoms with Gasteiger partial charge in [0.25, 0.3) is 5.91 Å². The number of amides is 4. The van der Waals surface area contributed by atoms with Gasteiger partial charge in [0.2, 0.25) is 5.91 Å². The number of hydrogen-bond acceptors (Lipinski definition) is 5. The molecule has 0 radical (unpaired) electrons. The molecule has 182 valence electrons. The summed E-state index contributed by atoms with van der Waals surface area (Å²) < 4.78 is 5.69. The van der Waals surface area contributed by atoms with Crippen LogP contribution in [0.4, 0.5) is 4.79 Å². The summed E-state index contributed by atoms with van der Waals surface area (Å²) >= 11 is 0. The van der Waals surface area contributed by atoms with Crippen LogP contribution in [0.2, 0.25) is 0 Å². The number of pyridine rings is 1. The van der Waals surface area contributed by atoms with Crippen LogP contribution in [-0.4, -0.2) is 65.0 Å². The minimum absolute atomic E-state index is 0.0546. The lowest BCUT2D eigenvalue weighted by Gasteiger charge is -2.40. The first-order valence-electron chi connectivity index (χ1n) is 12.3. The van der Waals surface area contributed by atoms with Crippen LogP contribution in [0.1, 0.15) is 36.9 Å². The van der Waals surface area contributed by atoms with Crippen molar-refractivity contribution in [3.8, 4) is 0 Å². The molecule has 5 rings (SSSR count). The fourth-order valence-electron chi connectivity index (χ4n) is 5.38. The smallest absolute Gasteiger partial charge is 0.325 e. The van der Waals surface area contributed by atoms with Gasteiger partial charge < -0.3 is 15.0 Å². The normalized spacial score (nSPS) is 25.4. The van der Waals surface area contributed by atoms with Crippen LogP contribution >= 0.6 is 0 Å². The number of piperidine rings is 1. The third kappa shape index (κ3) is 4.58. The van der Waals surface area contributed by atoms with Gasteiger partial charge in [-0.2, -0.15) is 0 Å². The zero-order chi connectivity index (χ0) is 24.3. The highest BCUT2D eigenvalue weighted by Crippen LogP contribution is 2.41. The Kier molecular flexibility index (Phi) is 6.63. The summed E-state index contributed by atoms with van der Waals surface area (Å²) in [6, 6.07) is 14.7. The van der Waals surface area contributed by atoms with Crippen LogP contribution < -0.4 is 5.32 Å². The molecular formula is C27H30N4O4. The maximum atomic E-state index is 13.9. The Hall–Kier alpha value is -3.52. The summed E-state index contributed by atoms with van der Waals surface area (Å²) in [6.07, 6.45) is 7.87. The lowest BCUT2D eigenvalue weighted by atomic mass is 9.75. The van der Waals surface area contributed by atoms with Gasteiger partial charge in [0.15, 0.2) is 5.54 Å². The number of urea groups is 1. The van der Waals surface area contributed by atoms with Gasteiger partial charge in [0.05, 0.1) is 18.3 Å².